The van der Waals surface area contributed by atoms with Gasteiger partial charge in [0.05, 0.1) is 31.0 Å². The lowest BCUT2D eigenvalue weighted by Gasteiger charge is -2.13. The van der Waals surface area contributed by atoms with Gasteiger partial charge in [0.1, 0.15) is 0 Å². The van der Waals surface area contributed by atoms with Gasteiger partial charge in [-0.3, -0.25) is 14.4 Å². The molecule has 0 aromatic heterocycles. The second-order valence-corrected chi connectivity index (χ2v) is 6.53. The molecule has 0 aliphatic carbocycles. The number of carboxylic acid groups (broad SMARTS) is 1. The van der Waals surface area contributed by atoms with Gasteiger partial charge < -0.3 is 19.7 Å². The molecule has 7 nitrogen and oxygen atoms in total. The Hall–Kier alpha value is -1.63. The smallest absolute Gasteiger partial charge is 0.308 e. The van der Waals surface area contributed by atoms with Crippen molar-refractivity contribution in [1.82, 2.24) is 0 Å². The van der Waals surface area contributed by atoms with E-state index in [2.05, 4.69) is 0 Å². The van der Waals surface area contributed by atoms with Crippen molar-refractivity contribution in [3.05, 3.63) is 0 Å². The highest BCUT2D eigenvalue weighted by Crippen LogP contribution is 2.11. The Morgan fingerprint density at radius 3 is 1.76 bits per heavy atom. The average Bonchev–Trinajstić information content (AvgIpc) is 2.57. The Balaban J connectivity index is 3.72. The summed E-state index contributed by atoms with van der Waals surface area (Å²) in [5.41, 5.74) is 0. The van der Waals surface area contributed by atoms with Gasteiger partial charge in [0.25, 0.3) is 0 Å². The van der Waals surface area contributed by atoms with Gasteiger partial charge in [0.15, 0.2) is 0 Å². The quantitative estimate of drug-likeness (QED) is 0.361. The number of esters is 2. The molecule has 0 saturated heterocycles. The van der Waals surface area contributed by atoms with Crippen LogP contribution in [0, 0.1) is 17.8 Å². The third kappa shape index (κ3) is 11.5. The predicted octanol–water partition coefficient (Wildman–Crippen LogP) is 2.40. The minimum absolute atomic E-state index is 0.0473. The fraction of sp³-hybridized carbons (Fsp3) is 0.833. The molecule has 146 valence electrons. The van der Waals surface area contributed by atoms with Crippen molar-refractivity contribution in [2.24, 2.45) is 17.8 Å². The number of hydrogen-bond acceptors (Lipinski definition) is 6. The summed E-state index contributed by atoms with van der Waals surface area (Å²) in [7, 11) is 0. The lowest BCUT2D eigenvalue weighted by atomic mass is 10.0. The van der Waals surface area contributed by atoms with Crippen LogP contribution in [-0.2, 0) is 23.9 Å². The van der Waals surface area contributed by atoms with Crippen LogP contribution in [0.3, 0.4) is 0 Å². The highest BCUT2D eigenvalue weighted by Gasteiger charge is 2.16. The Labute approximate surface area is 149 Å². The molecular formula is C18H32O7. The number of hydrogen-bond donors (Lipinski definition) is 2. The highest BCUT2D eigenvalue weighted by atomic mass is 16.5. The molecule has 0 aromatic carbocycles. The highest BCUT2D eigenvalue weighted by molar-refractivity contribution is 5.72. The van der Waals surface area contributed by atoms with Crippen LogP contribution in [0.2, 0.25) is 0 Å². The molecular weight excluding hydrogens is 328 g/mol. The summed E-state index contributed by atoms with van der Waals surface area (Å²) in [4.78, 5) is 34.0. The summed E-state index contributed by atoms with van der Waals surface area (Å²) < 4.78 is 10.3. The Bertz CT molecular complexity index is 408. The van der Waals surface area contributed by atoms with Gasteiger partial charge in [-0.2, -0.15) is 0 Å². The number of ether oxygens (including phenoxy) is 2. The van der Waals surface area contributed by atoms with Gasteiger partial charge >= 0.3 is 17.9 Å². The number of rotatable bonds is 14. The molecule has 3 atom stereocenters. The van der Waals surface area contributed by atoms with Crippen molar-refractivity contribution in [1.29, 1.82) is 0 Å². The number of carbonyl (C=O) groups is 3. The molecule has 0 rings (SSSR count). The number of aliphatic hydroxyl groups excluding tert-OH is 1. The van der Waals surface area contributed by atoms with Crippen LogP contribution >= 0.6 is 0 Å². The van der Waals surface area contributed by atoms with Gasteiger partial charge in [0, 0.05) is 6.61 Å². The molecule has 0 amide bonds. The number of unbranched alkanes of at least 4 members (excludes halogenated alkanes) is 1. The van der Waals surface area contributed by atoms with Crippen molar-refractivity contribution < 1.29 is 34.1 Å². The monoisotopic (exact) mass is 360 g/mol. The van der Waals surface area contributed by atoms with Gasteiger partial charge in [-0.1, -0.05) is 20.8 Å². The molecule has 0 heterocycles. The lowest BCUT2D eigenvalue weighted by molar-refractivity contribution is -0.149. The van der Waals surface area contributed by atoms with E-state index in [0.717, 1.165) is 0 Å². The van der Waals surface area contributed by atoms with Crippen LogP contribution < -0.4 is 0 Å². The molecule has 7 heteroatoms. The van der Waals surface area contributed by atoms with Crippen molar-refractivity contribution >= 4 is 17.9 Å². The largest absolute Gasteiger partial charge is 0.481 e. The zero-order chi connectivity index (χ0) is 19.2. The third-order valence-corrected chi connectivity index (χ3v) is 4.09. The Kier molecular flexibility index (Phi) is 12.7. The van der Waals surface area contributed by atoms with Crippen LogP contribution in [0.25, 0.3) is 0 Å². The molecule has 0 radical (unpaired) electrons. The van der Waals surface area contributed by atoms with Gasteiger partial charge in [-0.05, 0) is 38.5 Å². The number of carboxylic acids is 1. The molecule has 3 unspecified atom stereocenters. The minimum atomic E-state index is -0.808. The van der Waals surface area contributed by atoms with E-state index in [-0.39, 0.29) is 42.9 Å². The van der Waals surface area contributed by atoms with Gasteiger partial charge in [-0.25, -0.2) is 0 Å². The van der Waals surface area contributed by atoms with Crippen LogP contribution in [0.15, 0.2) is 0 Å². The average molecular weight is 360 g/mol. The molecule has 0 aliphatic rings. The number of aliphatic hydroxyl groups is 1. The summed E-state index contributed by atoms with van der Waals surface area (Å²) in [6.07, 6.45) is 3.45. The molecule has 0 aromatic rings. The van der Waals surface area contributed by atoms with E-state index in [9.17, 15) is 14.4 Å². The van der Waals surface area contributed by atoms with Crippen molar-refractivity contribution in [2.75, 3.05) is 19.8 Å². The van der Waals surface area contributed by atoms with Crippen LogP contribution in [0.1, 0.15) is 59.3 Å². The van der Waals surface area contributed by atoms with Gasteiger partial charge in [-0.15, -0.1) is 0 Å². The van der Waals surface area contributed by atoms with E-state index in [4.69, 9.17) is 19.7 Å². The zero-order valence-electron chi connectivity index (χ0n) is 15.5. The van der Waals surface area contributed by atoms with Crippen LogP contribution in [-0.4, -0.2) is 47.9 Å². The molecule has 0 aliphatic heterocycles. The fourth-order valence-electron chi connectivity index (χ4n) is 2.12. The second kappa shape index (κ2) is 13.6. The maximum absolute atomic E-state index is 11.8. The van der Waals surface area contributed by atoms with E-state index in [1.807, 2.05) is 0 Å². The summed E-state index contributed by atoms with van der Waals surface area (Å²) in [5.74, 6) is -2.40. The molecule has 25 heavy (non-hydrogen) atoms. The van der Waals surface area contributed by atoms with E-state index in [1.165, 1.54) is 0 Å². The molecule has 0 fully saturated rings. The van der Waals surface area contributed by atoms with E-state index in [1.54, 1.807) is 20.8 Å². The molecule has 0 saturated carbocycles. The first kappa shape index (κ1) is 23.4. The Morgan fingerprint density at radius 1 is 0.760 bits per heavy atom. The first-order chi connectivity index (χ1) is 11.8. The molecule has 2 N–H and O–H groups in total. The summed E-state index contributed by atoms with van der Waals surface area (Å²) in [5, 5.41) is 17.5. The minimum Gasteiger partial charge on any atom is -0.481 e. The van der Waals surface area contributed by atoms with E-state index in [0.29, 0.717) is 45.1 Å². The Morgan fingerprint density at radius 2 is 1.24 bits per heavy atom. The molecule has 0 spiro atoms. The first-order valence-electron chi connectivity index (χ1n) is 8.96. The number of carbonyl (C=O) groups excluding carboxylic acids is 2. The summed E-state index contributed by atoms with van der Waals surface area (Å²) in [6.45, 7) is 5.63. The van der Waals surface area contributed by atoms with E-state index >= 15 is 0 Å². The van der Waals surface area contributed by atoms with E-state index < -0.39 is 5.97 Å². The third-order valence-electron chi connectivity index (χ3n) is 4.09. The normalized spacial score (nSPS) is 14.4. The maximum Gasteiger partial charge on any atom is 0.308 e. The first-order valence-corrected chi connectivity index (χ1v) is 8.96. The lowest BCUT2D eigenvalue weighted by Crippen LogP contribution is -2.19. The van der Waals surface area contributed by atoms with Crippen LogP contribution in [0.4, 0.5) is 0 Å². The van der Waals surface area contributed by atoms with Gasteiger partial charge in [0.2, 0.25) is 0 Å². The fourth-order valence-corrected chi connectivity index (χ4v) is 2.12. The maximum atomic E-state index is 11.8. The van der Waals surface area contributed by atoms with Crippen molar-refractivity contribution in [3.8, 4) is 0 Å². The molecule has 0 bridgehead atoms. The van der Waals surface area contributed by atoms with Crippen molar-refractivity contribution in [3.63, 3.8) is 0 Å². The van der Waals surface area contributed by atoms with Crippen LogP contribution in [0.5, 0.6) is 0 Å². The van der Waals surface area contributed by atoms with Crippen molar-refractivity contribution in [2.45, 2.75) is 59.3 Å². The second-order valence-electron chi connectivity index (χ2n) is 6.53. The standard InChI is InChI=1S/C18H32O7/c1-13(16(20)21)7-4-5-11-24-17(22)14(2)8-6-12-25-18(23)15(3)9-10-19/h13-15,19H,4-12H2,1-3H3,(H,20,21). The summed E-state index contributed by atoms with van der Waals surface area (Å²) >= 11 is 0. The topological polar surface area (TPSA) is 110 Å². The number of aliphatic carboxylic acids is 1. The zero-order valence-corrected chi connectivity index (χ0v) is 15.5. The summed E-state index contributed by atoms with van der Waals surface area (Å²) in [6, 6.07) is 0. The predicted molar refractivity (Wildman–Crippen MR) is 91.8 cm³/mol. The SMILES string of the molecule is CC(CCCCOC(=O)C(C)CCCOC(=O)C(C)CCO)C(=O)O.